The zero-order valence-electron chi connectivity index (χ0n) is 9.06. The van der Waals surface area contributed by atoms with Crippen LogP contribution in [0.4, 0.5) is 0 Å². The lowest BCUT2D eigenvalue weighted by Crippen LogP contribution is -2.15. The molecule has 0 spiro atoms. The molecule has 0 aromatic carbocycles. The first-order chi connectivity index (χ1) is 7.04. The van der Waals surface area contributed by atoms with Crippen LogP contribution in [0.2, 0.25) is 0 Å². The van der Waals surface area contributed by atoms with Gasteiger partial charge < -0.3 is 0 Å². The number of imidazole rings is 1. The molecule has 2 rings (SSSR count). The van der Waals surface area contributed by atoms with Crippen molar-refractivity contribution in [2.24, 2.45) is 0 Å². The van der Waals surface area contributed by atoms with Crippen molar-refractivity contribution in [2.45, 2.75) is 26.2 Å². The fourth-order valence-electron chi connectivity index (χ4n) is 1.58. The van der Waals surface area contributed by atoms with Crippen molar-refractivity contribution in [1.29, 1.82) is 0 Å². The molecule has 0 aliphatic rings. The molecular formula is C11H13N3O. The quantitative estimate of drug-likeness (QED) is 0.664. The van der Waals surface area contributed by atoms with Crippen molar-refractivity contribution < 1.29 is 4.79 Å². The third kappa shape index (κ3) is 1.52. The van der Waals surface area contributed by atoms with Gasteiger partial charge in [-0.15, -0.1) is 0 Å². The highest BCUT2D eigenvalue weighted by atomic mass is 16.1. The Bertz CT molecular complexity index is 508. The van der Waals surface area contributed by atoms with Gasteiger partial charge in [0.15, 0.2) is 6.29 Å². The van der Waals surface area contributed by atoms with E-state index < -0.39 is 0 Å². The molecule has 78 valence electrons. The summed E-state index contributed by atoms with van der Waals surface area (Å²) in [5.41, 5.74) is 1.12. The van der Waals surface area contributed by atoms with Crippen molar-refractivity contribution in [1.82, 2.24) is 14.4 Å². The molecule has 0 saturated carbocycles. The molecule has 2 aromatic rings. The van der Waals surface area contributed by atoms with Gasteiger partial charge in [-0.3, -0.25) is 14.2 Å². The standard InChI is InChI=1S/C11H13N3O/c1-11(2,3)10-13-8(7-15)9-6-12-4-5-14(9)10/h4-7H,1-3H3. The first-order valence-electron chi connectivity index (χ1n) is 4.82. The normalized spacial score (nSPS) is 11.9. The van der Waals surface area contributed by atoms with Crippen molar-refractivity contribution in [3.05, 3.63) is 30.1 Å². The van der Waals surface area contributed by atoms with Gasteiger partial charge in [0.05, 0.1) is 11.7 Å². The topological polar surface area (TPSA) is 47.3 Å². The molecule has 0 aliphatic carbocycles. The molecule has 0 atom stereocenters. The Labute approximate surface area is 88.0 Å². The highest BCUT2D eigenvalue weighted by Gasteiger charge is 2.21. The molecule has 4 heteroatoms. The number of aldehydes is 1. The smallest absolute Gasteiger partial charge is 0.170 e. The van der Waals surface area contributed by atoms with Crippen LogP contribution in [0.1, 0.15) is 37.1 Å². The average molecular weight is 203 g/mol. The number of fused-ring (bicyclic) bond motifs is 1. The minimum absolute atomic E-state index is 0.0917. The number of carbonyl (C=O) groups excluding carboxylic acids is 1. The van der Waals surface area contributed by atoms with Gasteiger partial charge in [-0.25, -0.2) is 4.98 Å². The summed E-state index contributed by atoms with van der Waals surface area (Å²) in [6.45, 7) is 6.20. The fourth-order valence-corrected chi connectivity index (χ4v) is 1.58. The van der Waals surface area contributed by atoms with E-state index in [9.17, 15) is 4.79 Å². The average Bonchev–Trinajstić information content (AvgIpc) is 2.55. The van der Waals surface area contributed by atoms with Crippen LogP contribution >= 0.6 is 0 Å². The Balaban J connectivity index is 2.82. The van der Waals surface area contributed by atoms with Gasteiger partial charge in [0, 0.05) is 17.8 Å². The van der Waals surface area contributed by atoms with Crippen LogP contribution in [0.25, 0.3) is 5.52 Å². The molecule has 0 amide bonds. The Morgan fingerprint density at radius 2 is 2.13 bits per heavy atom. The number of carbonyl (C=O) groups is 1. The summed E-state index contributed by atoms with van der Waals surface area (Å²) in [7, 11) is 0. The molecule has 2 heterocycles. The molecule has 0 aliphatic heterocycles. The van der Waals surface area contributed by atoms with Gasteiger partial charge in [-0.2, -0.15) is 0 Å². The highest BCUT2D eigenvalue weighted by molar-refractivity contribution is 5.83. The van der Waals surface area contributed by atoms with E-state index >= 15 is 0 Å². The van der Waals surface area contributed by atoms with Gasteiger partial charge in [0.1, 0.15) is 11.5 Å². The van der Waals surface area contributed by atoms with Crippen LogP contribution in [0.3, 0.4) is 0 Å². The summed E-state index contributed by atoms with van der Waals surface area (Å²) in [5, 5.41) is 0. The van der Waals surface area contributed by atoms with E-state index in [1.54, 1.807) is 12.4 Å². The Morgan fingerprint density at radius 1 is 1.40 bits per heavy atom. The van der Waals surface area contributed by atoms with Crippen molar-refractivity contribution >= 4 is 11.8 Å². The summed E-state index contributed by atoms with van der Waals surface area (Å²) < 4.78 is 1.91. The summed E-state index contributed by atoms with van der Waals surface area (Å²) in [6.07, 6.45) is 5.95. The van der Waals surface area contributed by atoms with Crippen molar-refractivity contribution in [3.8, 4) is 0 Å². The van der Waals surface area contributed by atoms with Crippen LogP contribution < -0.4 is 0 Å². The number of nitrogens with zero attached hydrogens (tertiary/aromatic N) is 3. The molecule has 0 radical (unpaired) electrons. The summed E-state index contributed by atoms with van der Waals surface area (Å²) >= 11 is 0. The van der Waals surface area contributed by atoms with Crippen LogP contribution in [-0.2, 0) is 5.41 Å². The van der Waals surface area contributed by atoms with Crippen molar-refractivity contribution in [2.75, 3.05) is 0 Å². The molecule has 0 N–H and O–H groups in total. The fraction of sp³-hybridized carbons (Fsp3) is 0.364. The molecule has 0 unspecified atom stereocenters. The van der Waals surface area contributed by atoms with E-state index in [4.69, 9.17) is 0 Å². The van der Waals surface area contributed by atoms with E-state index in [1.807, 2.05) is 10.6 Å². The zero-order valence-corrected chi connectivity index (χ0v) is 9.06. The first-order valence-corrected chi connectivity index (χ1v) is 4.82. The van der Waals surface area contributed by atoms with E-state index in [-0.39, 0.29) is 5.41 Å². The molecule has 0 fully saturated rings. The van der Waals surface area contributed by atoms with Crippen LogP contribution in [0.5, 0.6) is 0 Å². The Morgan fingerprint density at radius 3 is 2.73 bits per heavy atom. The maximum atomic E-state index is 10.9. The zero-order chi connectivity index (χ0) is 11.1. The highest BCUT2D eigenvalue weighted by Crippen LogP contribution is 2.23. The number of rotatable bonds is 1. The van der Waals surface area contributed by atoms with Crippen molar-refractivity contribution in [3.63, 3.8) is 0 Å². The monoisotopic (exact) mass is 203 g/mol. The van der Waals surface area contributed by atoms with Gasteiger partial charge in [-0.1, -0.05) is 20.8 Å². The second-order valence-electron chi connectivity index (χ2n) is 4.52. The molecular weight excluding hydrogens is 190 g/mol. The molecule has 0 bridgehead atoms. The lowest BCUT2D eigenvalue weighted by Gasteiger charge is -2.16. The second kappa shape index (κ2) is 3.15. The van der Waals surface area contributed by atoms with Crippen LogP contribution in [-0.4, -0.2) is 20.7 Å². The minimum atomic E-state index is -0.0917. The van der Waals surface area contributed by atoms with Gasteiger partial charge in [0.2, 0.25) is 0 Å². The Hall–Kier alpha value is -1.71. The molecule has 15 heavy (non-hydrogen) atoms. The van der Waals surface area contributed by atoms with Crippen LogP contribution in [0, 0.1) is 0 Å². The number of hydrogen-bond donors (Lipinski definition) is 0. The summed E-state index contributed by atoms with van der Waals surface area (Å²) in [5.74, 6) is 0.877. The molecule has 4 nitrogen and oxygen atoms in total. The predicted octanol–water partition coefficient (Wildman–Crippen LogP) is 1.84. The molecule has 0 saturated heterocycles. The summed E-state index contributed by atoms with van der Waals surface area (Å²) in [4.78, 5) is 19.2. The van der Waals surface area contributed by atoms with Crippen LogP contribution in [0.15, 0.2) is 18.6 Å². The largest absolute Gasteiger partial charge is 0.300 e. The van der Waals surface area contributed by atoms with E-state index in [0.717, 1.165) is 17.6 Å². The predicted molar refractivity (Wildman–Crippen MR) is 57.1 cm³/mol. The third-order valence-corrected chi connectivity index (χ3v) is 2.26. The minimum Gasteiger partial charge on any atom is -0.300 e. The van der Waals surface area contributed by atoms with Gasteiger partial charge in [-0.05, 0) is 0 Å². The van der Waals surface area contributed by atoms with Gasteiger partial charge in [0.25, 0.3) is 0 Å². The number of hydrogen-bond acceptors (Lipinski definition) is 3. The lowest BCUT2D eigenvalue weighted by molar-refractivity contribution is 0.112. The maximum absolute atomic E-state index is 10.9. The SMILES string of the molecule is CC(C)(C)c1nc(C=O)c2cnccn12. The number of aromatic nitrogens is 3. The first kappa shape index (κ1) is 9.83. The Kier molecular flexibility index (Phi) is 2.07. The van der Waals surface area contributed by atoms with E-state index in [0.29, 0.717) is 5.69 Å². The van der Waals surface area contributed by atoms with E-state index in [2.05, 4.69) is 30.7 Å². The summed E-state index contributed by atoms with van der Waals surface area (Å²) in [6, 6.07) is 0. The third-order valence-electron chi connectivity index (χ3n) is 2.26. The maximum Gasteiger partial charge on any atom is 0.170 e. The van der Waals surface area contributed by atoms with E-state index in [1.165, 1.54) is 0 Å². The lowest BCUT2D eigenvalue weighted by atomic mass is 9.96. The molecule has 2 aromatic heterocycles. The second-order valence-corrected chi connectivity index (χ2v) is 4.52. The van der Waals surface area contributed by atoms with Gasteiger partial charge >= 0.3 is 0 Å².